The molecular weight excluding hydrogens is 368 g/mol. The maximum absolute atomic E-state index is 12.7. The van der Waals surface area contributed by atoms with E-state index in [1.807, 2.05) is 24.3 Å². The van der Waals surface area contributed by atoms with Gasteiger partial charge in [-0.15, -0.1) is 11.6 Å². The lowest BCUT2D eigenvalue weighted by Gasteiger charge is -2.33. The van der Waals surface area contributed by atoms with E-state index in [-0.39, 0.29) is 24.4 Å². The van der Waals surface area contributed by atoms with Gasteiger partial charge in [-0.05, 0) is 37.3 Å². The highest BCUT2D eigenvalue weighted by Crippen LogP contribution is 2.27. The second-order valence-electron chi connectivity index (χ2n) is 7.02. The first-order valence-corrected chi connectivity index (χ1v) is 9.99. The van der Waals surface area contributed by atoms with Gasteiger partial charge in [-0.3, -0.25) is 4.79 Å². The number of alkyl carbamates (subject to hydrolysis) is 1. The molecule has 0 aromatic heterocycles. The smallest absolute Gasteiger partial charge is 0.407 e. The van der Waals surface area contributed by atoms with E-state index in [2.05, 4.69) is 19.2 Å². The van der Waals surface area contributed by atoms with E-state index in [1.54, 1.807) is 11.8 Å². The molecule has 150 valence electrons. The van der Waals surface area contributed by atoms with Gasteiger partial charge in [0.25, 0.3) is 5.91 Å². The number of ether oxygens (including phenoxy) is 2. The third-order valence-corrected chi connectivity index (χ3v) is 4.79. The van der Waals surface area contributed by atoms with Crippen LogP contribution in [0, 0.1) is 0 Å². The fourth-order valence-corrected chi connectivity index (χ4v) is 3.22. The summed E-state index contributed by atoms with van der Waals surface area (Å²) in [6.45, 7) is 7.34. The van der Waals surface area contributed by atoms with E-state index in [4.69, 9.17) is 21.1 Å². The normalized spacial score (nSPS) is 16.1. The Labute approximate surface area is 166 Å². The summed E-state index contributed by atoms with van der Waals surface area (Å²) in [6.07, 6.45) is 0.374. The Morgan fingerprint density at radius 3 is 2.52 bits per heavy atom. The summed E-state index contributed by atoms with van der Waals surface area (Å²) in [4.78, 5) is 26.1. The van der Waals surface area contributed by atoms with Crippen LogP contribution >= 0.6 is 11.6 Å². The number of piperidine rings is 1. The maximum Gasteiger partial charge on any atom is 0.407 e. The largest absolute Gasteiger partial charge is 0.481 e. The van der Waals surface area contributed by atoms with E-state index >= 15 is 0 Å². The summed E-state index contributed by atoms with van der Waals surface area (Å²) >= 11 is 5.50. The number of likely N-dealkylation sites (tertiary alicyclic amines) is 1. The molecule has 7 heteroatoms. The zero-order valence-corrected chi connectivity index (χ0v) is 17.0. The van der Waals surface area contributed by atoms with Crippen molar-refractivity contribution in [1.82, 2.24) is 10.2 Å². The van der Waals surface area contributed by atoms with Crippen LogP contribution in [0.15, 0.2) is 24.3 Å². The van der Waals surface area contributed by atoms with Crippen molar-refractivity contribution in [2.24, 2.45) is 0 Å². The van der Waals surface area contributed by atoms with Crippen molar-refractivity contribution in [3.05, 3.63) is 29.8 Å². The van der Waals surface area contributed by atoms with Crippen LogP contribution in [0.25, 0.3) is 0 Å². The zero-order chi connectivity index (χ0) is 19.8. The first-order chi connectivity index (χ1) is 12.9. The molecule has 2 amide bonds. The highest BCUT2D eigenvalue weighted by molar-refractivity contribution is 6.18. The van der Waals surface area contributed by atoms with Crippen molar-refractivity contribution in [1.29, 1.82) is 0 Å². The number of hydrogen-bond donors (Lipinski definition) is 1. The number of nitrogens with zero attached hydrogens (tertiary/aromatic N) is 1. The van der Waals surface area contributed by atoms with E-state index in [1.165, 1.54) is 0 Å². The molecule has 6 nitrogen and oxygen atoms in total. The average Bonchev–Trinajstić information content (AvgIpc) is 2.66. The molecule has 1 aromatic carbocycles. The maximum atomic E-state index is 12.7. The summed E-state index contributed by atoms with van der Waals surface area (Å²) in [6, 6.07) is 7.83. The number of amides is 2. The fraction of sp³-hybridized carbons (Fsp3) is 0.600. The van der Waals surface area contributed by atoms with Gasteiger partial charge in [0.05, 0.1) is 5.88 Å². The van der Waals surface area contributed by atoms with Crippen molar-refractivity contribution in [3.63, 3.8) is 0 Å². The van der Waals surface area contributed by atoms with Gasteiger partial charge in [0, 0.05) is 19.1 Å². The topological polar surface area (TPSA) is 67.9 Å². The molecular formula is C20H29ClN2O4. The van der Waals surface area contributed by atoms with Crippen molar-refractivity contribution in [2.75, 3.05) is 25.6 Å². The molecule has 0 aliphatic carbocycles. The molecule has 0 spiro atoms. The first-order valence-electron chi connectivity index (χ1n) is 9.46. The van der Waals surface area contributed by atoms with Gasteiger partial charge >= 0.3 is 6.09 Å². The third kappa shape index (κ3) is 6.31. The molecule has 2 rings (SSSR count). The standard InChI is InChI=1S/C20H29ClN2O4/c1-14(2)17-6-4-5-7-18(17)27-15(3)19(24)23-11-8-16(9-12-23)22-20(25)26-13-10-21/h4-7,14-16H,8-13H2,1-3H3,(H,22,25). The van der Waals surface area contributed by atoms with Crippen LogP contribution in [0.1, 0.15) is 45.1 Å². The fourth-order valence-electron chi connectivity index (χ4n) is 3.15. The Morgan fingerprint density at radius 2 is 1.89 bits per heavy atom. The van der Waals surface area contributed by atoms with Crippen LogP contribution in [0.3, 0.4) is 0 Å². The van der Waals surface area contributed by atoms with Gasteiger partial charge in [0.15, 0.2) is 6.10 Å². The molecule has 0 bridgehead atoms. The number of carbonyl (C=O) groups excluding carboxylic acids is 2. The summed E-state index contributed by atoms with van der Waals surface area (Å²) in [5.41, 5.74) is 1.09. The van der Waals surface area contributed by atoms with E-state index < -0.39 is 12.2 Å². The Morgan fingerprint density at radius 1 is 1.22 bits per heavy atom. The zero-order valence-electron chi connectivity index (χ0n) is 16.2. The molecule has 1 atom stereocenters. The van der Waals surface area contributed by atoms with Crippen LogP contribution in [-0.4, -0.2) is 54.6 Å². The number of halogens is 1. The summed E-state index contributed by atoms with van der Waals surface area (Å²) in [7, 11) is 0. The number of nitrogens with one attached hydrogen (secondary N) is 1. The molecule has 1 N–H and O–H groups in total. The lowest BCUT2D eigenvalue weighted by molar-refractivity contribution is -0.139. The number of benzene rings is 1. The van der Waals surface area contributed by atoms with Gasteiger partial charge < -0.3 is 19.7 Å². The van der Waals surface area contributed by atoms with Crippen molar-refractivity contribution in [3.8, 4) is 5.75 Å². The molecule has 27 heavy (non-hydrogen) atoms. The average molecular weight is 397 g/mol. The quantitative estimate of drug-likeness (QED) is 0.716. The molecule has 1 heterocycles. The minimum Gasteiger partial charge on any atom is -0.481 e. The van der Waals surface area contributed by atoms with Crippen LogP contribution in [0.2, 0.25) is 0 Å². The summed E-state index contributed by atoms with van der Waals surface area (Å²) in [5, 5.41) is 2.81. The Hall–Kier alpha value is -1.95. The number of hydrogen-bond acceptors (Lipinski definition) is 4. The monoisotopic (exact) mass is 396 g/mol. The molecule has 1 unspecified atom stereocenters. The minimum atomic E-state index is -0.553. The van der Waals surface area contributed by atoms with E-state index in [0.717, 1.165) is 11.3 Å². The molecule has 1 fully saturated rings. The molecule has 1 aliphatic rings. The van der Waals surface area contributed by atoms with Gasteiger partial charge in [0.2, 0.25) is 0 Å². The second kappa shape index (κ2) is 10.4. The lowest BCUT2D eigenvalue weighted by Crippen LogP contribution is -2.49. The molecule has 0 radical (unpaired) electrons. The third-order valence-electron chi connectivity index (χ3n) is 4.63. The molecule has 1 saturated heterocycles. The highest BCUT2D eigenvalue weighted by Gasteiger charge is 2.28. The van der Waals surface area contributed by atoms with E-state index in [0.29, 0.717) is 31.8 Å². The first kappa shape index (κ1) is 21.4. The van der Waals surface area contributed by atoms with Crippen LogP contribution < -0.4 is 10.1 Å². The van der Waals surface area contributed by atoms with Crippen molar-refractivity contribution in [2.45, 2.75) is 51.7 Å². The summed E-state index contributed by atoms with van der Waals surface area (Å²) in [5.74, 6) is 1.32. The van der Waals surface area contributed by atoms with Crippen molar-refractivity contribution < 1.29 is 19.1 Å². The van der Waals surface area contributed by atoms with Gasteiger partial charge in [0.1, 0.15) is 12.4 Å². The summed E-state index contributed by atoms with van der Waals surface area (Å²) < 4.78 is 10.9. The highest BCUT2D eigenvalue weighted by atomic mass is 35.5. The SMILES string of the molecule is CC(Oc1ccccc1C(C)C)C(=O)N1CCC(NC(=O)OCCCl)CC1. The van der Waals surface area contributed by atoms with Crippen LogP contribution in [0.4, 0.5) is 4.79 Å². The number of rotatable bonds is 7. The molecule has 0 saturated carbocycles. The van der Waals surface area contributed by atoms with E-state index in [9.17, 15) is 9.59 Å². The number of carbonyl (C=O) groups is 2. The number of alkyl halides is 1. The predicted molar refractivity (Wildman–Crippen MR) is 105 cm³/mol. The van der Waals surface area contributed by atoms with Gasteiger partial charge in [-0.25, -0.2) is 4.79 Å². The van der Waals surface area contributed by atoms with Gasteiger partial charge in [-0.2, -0.15) is 0 Å². The number of para-hydroxylation sites is 1. The van der Waals surface area contributed by atoms with Crippen molar-refractivity contribution >= 4 is 23.6 Å². The molecule has 1 aliphatic heterocycles. The molecule has 1 aromatic rings. The van der Waals surface area contributed by atoms with Gasteiger partial charge in [-0.1, -0.05) is 32.0 Å². The van der Waals surface area contributed by atoms with Crippen LogP contribution in [0.5, 0.6) is 5.75 Å². The Bertz CT molecular complexity index is 630. The van der Waals surface area contributed by atoms with Crippen LogP contribution in [-0.2, 0) is 9.53 Å². The lowest BCUT2D eigenvalue weighted by atomic mass is 10.0. The second-order valence-corrected chi connectivity index (χ2v) is 7.40. The predicted octanol–water partition coefficient (Wildman–Crippen LogP) is 3.53. The minimum absolute atomic E-state index is 0.00904. The Kier molecular flexibility index (Phi) is 8.23. The Balaban J connectivity index is 1.84.